The topological polar surface area (TPSA) is 20.3 Å². The first-order valence-electron chi connectivity index (χ1n) is 6.03. The van der Waals surface area contributed by atoms with Crippen molar-refractivity contribution in [3.05, 3.63) is 0 Å². The molecule has 15 heavy (non-hydrogen) atoms. The van der Waals surface area contributed by atoms with E-state index in [1.165, 1.54) is 12.8 Å². The highest BCUT2D eigenvalue weighted by molar-refractivity contribution is 9.09. The molecule has 0 unspecified atom stereocenters. The average Bonchev–Trinajstić information content (AvgIpc) is 2.70. The summed E-state index contributed by atoms with van der Waals surface area (Å²) in [6, 6.07) is 0.345. The highest BCUT2D eigenvalue weighted by atomic mass is 79.9. The largest absolute Gasteiger partial charge is 0.340 e. The quantitative estimate of drug-likeness (QED) is 0.706. The van der Waals surface area contributed by atoms with Crippen LogP contribution in [0.1, 0.15) is 46.0 Å². The van der Waals surface area contributed by atoms with Gasteiger partial charge in [-0.1, -0.05) is 28.8 Å². The molecule has 88 valence electrons. The molecule has 2 nitrogen and oxygen atoms in total. The Morgan fingerprint density at radius 1 is 1.40 bits per heavy atom. The number of alkyl halides is 1. The molecule has 1 rings (SSSR count). The normalized spacial score (nSPS) is 17.3. The van der Waals surface area contributed by atoms with Crippen LogP contribution in [0.3, 0.4) is 0 Å². The van der Waals surface area contributed by atoms with Crippen LogP contribution in [0.4, 0.5) is 0 Å². The Balaban J connectivity index is 2.49. The second-order valence-corrected chi connectivity index (χ2v) is 5.44. The van der Waals surface area contributed by atoms with Crippen molar-refractivity contribution in [1.82, 2.24) is 4.90 Å². The Labute approximate surface area is 102 Å². The molecule has 0 aromatic heterocycles. The summed E-state index contributed by atoms with van der Waals surface area (Å²) in [5.74, 6) is 0.714. The smallest absolute Gasteiger partial charge is 0.225 e. The number of carbonyl (C=O) groups is 1. The van der Waals surface area contributed by atoms with Gasteiger partial charge in [0.15, 0.2) is 0 Å². The van der Waals surface area contributed by atoms with Gasteiger partial charge in [0.1, 0.15) is 0 Å². The van der Waals surface area contributed by atoms with Gasteiger partial charge in [-0.25, -0.2) is 0 Å². The predicted molar refractivity (Wildman–Crippen MR) is 67.2 cm³/mol. The number of hydrogen-bond donors (Lipinski definition) is 0. The zero-order valence-electron chi connectivity index (χ0n) is 9.84. The summed E-state index contributed by atoms with van der Waals surface area (Å²) in [5, 5.41) is 0.980. The van der Waals surface area contributed by atoms with Crippen LogP contribution in [-0.2, 0) is 4.79 Å². The number of carbonyl (C=O) groups excluding carboxylic acids is 1. The van der Waals surface area contributed by atoms with Crippen molar-refractivity contribution in [1.29, 1.82) is 0 Å². The maximum atomic E-state index is 12.2. The molecule has 1 aliphatic rings. The lowest BCUT2D eigenvalue weighted by molar-refractivity contribution is -0.137. The fourth-order valence-electron chi connectivity index (χ4n) is 2.26. The maximum Gasteiger partial charge on any atom is 0.225 e. The van der Waals surface area contributed by atoms with E-state index >= 15 is 0 Å². The van der Waals surface area contributed by atoms with E-state index in [0.717, 1.165) is 31.1 Å². The van der Waals surface area contributed by atoms with E-state index in [1.807, 2.05) is 0 Å². The van der Waals surface area contributed by atoms with E-state index in [0.29, 0.717) is 17.9 Å². The molecule has 0 spiro atoms. The van der Waals surface area contributed by atoms with Gasteiger partial charge in [-0.15, -0.1) is 0 Å². The molecule has 0 N–H and O–H groups in total. The first kappa shape index (κ1) is 13.0. The van der Waals surface area contributed by atoms with Crippen LogP contribution in [0, 0.1) is 5.92 Å². The molecule has 0 aliphatic heterocycles. The zero-order valence-corrected chi connectivity index (χ0v) is 11.4. The molecule has 0 aromatic carbocycles. The van der Waals surface area contributed by atoms with Crippen molar-refractivity contribution < 1.29 is 4.79 Å². The monoisotopic (exact) mass is 275 g/mol. The highest BCUT2D eigenvalue weighted by Crippen LogP contribution is 2.27. The van der Waals surface area contributed by atoms with Crippen LogP contribution in [-0.4, -0.2) is 28.7 Å². The third-order valence-corrected chi connectivity index (χ3v) is 3.70. The van der Waals surface area contributed by atoms with Crippen LogP contribution < -0.4 is 0 Å². The summed E-state index contributed by atoms with van der Waals surface area (Å²) in [6.45, 7) is 5.13. The van der Waals surface area contributed by atoms with E-state index in [2.05, 4.69) is 34.7 Å². The molecule has 1 aliphatic carbocycles. The van der Waals surface area contributed by atoms with E-state index < -0.39 is 0 Å². The van der Waals surface area contributed by atoms with E-state index in [-0.39, 0.29) is 0 Å². The fourth-order valence-corrected chi connectivity index (χ4v) is 2.51. The number of nitrogens with zero attached hydrogens (tertiary/aromatic N) is 1. The Bertz CT molecular complexity index is 200. The number of halogens is 1. The standard InChI is InChI=1S/C12H22BrNO/c1-10(2)14(9-5-8-13)12(15)11-6-3-4-7-11/h10-11H,3-9H2,1-2H3. The molecular formula is C12H22BrNO. The molecule has 1 fully saturated rings. The van der Waals surface area contributed by atoms with Gasteiger partial charge in [0, 0.05) is 23.8 Å². The lowest BCUT2D eigenvalue weighted by Gasteiger charge is -2.29. The Hall–Kier alpha value is -0.0500. The zero-order chi connectivity index (χ0) is 11.3. The second kappa shape index (κ2) is 6.51. The SMILES string of the molecule is CC(C)N(CCCBr)C(=O)C1CCCC1. The van der Waals surface area contributed by atoms with Crippen molar-refractivity contribution >= 4 is 21.8 Å². The average molecular weight is 276 g/mol. The van der Waals surface area contributed by atoms with Crippen molar-refractivity contribution in [3.63, 3.8) is 0 Å². The van der Waals surface area contributed by atoms with E-state index in [9.17, 15) is 4.79 Å². The van der Waals surface area contributed by atoms with Crippen LogP contribution in [0.15, 0.2) is 0 Å². The third-order valence-electron chi connectivity index (χ3n) is 3.14. The predicted octanol–water partition coefficient (Wildman–Crippen LogP) is 3.20. The number of rotatable bonds is 5. The Morgan fingerprint density at radius 3 is 2.47 bits per heavy atom. The third kappa shape index (κ3) is 3.78. The van der Waals surface area contributed by atoms with Crippen LogP contribution >= 0.6 is 15.9 Å². The second-order valence-electron chi connectivity index (χ2n) is 4.65. The lowest BCUT2D eigenvalue weighted by Crippen LogP contribution is -2.41. The minimum Gasteiger partial charge on any atom is -0.340 e. The Morgan fingerprint density at radius 2 is 2.00 bits per heavy atom. The highest BCUT2D eigenvalue weighted by Gasteiger charge is 2.27. The first-order valence-corrected chi connectivity index (χ1v) is 7.15. The van der Waals surface area contributed by atoms with Gasteiger partial charge in [-0.2, -0.15) is 0 Å². The minimum absolute atomic E-state index is 0.322. The van der Waals surface area contributed by atoms with Crippen molar-refractivity contribution in [3.8, 4) is 0 Å². The molecule has 1 amide bonds. The summed E-state index contributed by atoms with van der Waals surface area (Å²) in [7, 11) is 0. The molecule has 0 radical (unpaired) electrons. The summed E-state index contributed by atoms with van der Waals surface area (Å²) in [4.78, 5) is 14.3. The van der Waals surface area contributed by atoms with Gasteiger partial charge in [0.2, 0.25) is 5.91 Å². The molecule has 0 atom stereocenters. The maximum absolute atomic E-state index is 12.2. The molecule has 1 saturated carbocycles. The van der Waals surface area contributed by atoms with Gasteiger partial charge in [-0.3, -0.25) is 4.79 Å². The van der Waals surface area contributed by atoms with E-state index in [1.54, 1.807) is 0 Å². The van der Waals surface area contributed by atoms with Gasteiger partial charge in [0.25, 0.3) is 0 Å². The van der Waals surface area contributed by atoms with Crippen molar-refractivity contribution in [2.45, 2.75) is 52.0 Å². The fraction of sp³-hybridized carbons (Fsp3) is 0.917. The van der Waals surface area contributed by atoms with Crippen LogP contribution in [0.25, 0.3) is 0 Å². The van der Waals surface area contributed by atoms with Gasteiger partial charge in [0.05, 0.1) is 0 Å². The van der Waals surface area contributed by atoms with Gasteiger partial charge >= 0.3 is 0 Å². The molecular weight excluding hydrogens is 254 g/mol. The summed E-state index contributed by atoms with van der Waals surface area (Å²) >= 11 is 3.42. The minimum atomic E-state index is 0.322. The summed E-state index contributed by atoms with van der Waals surface area (Å²) < 4.78 is 0. The first-order chi connectivity index (χ1) is 7.16. The molecule has 3 heteroatoms. The number of hydrogen-bond acceptors (Lipinski definition) is 1. The summed E-state index contributed by atoms with van der Waals surface area (Å²) in [6.07, 6.45) is 5.74. The van der Waals surface area contributed by atoms with Gasteiger partial charge < -0.3 is 4.90 Å². The van der Waals surface area contributed by atoms with Crippen LogP contribution in [0.2, 0.25) is 0 Å². The molecule has 0 heterocycles. The van der Waals surface area contributed by atoms with Crippen molar-refractivity contribution in [2.24, 2.45) is 5.92 Å². The number of amides is 1. The van der Waals surface area contributed by atoms with E-state index in [4.69, 9.17) is 0 Å². The molecule has 0 aromatic rings. The summed E-state index contributed by atoms with van der Waals surface area (Å²) in [5.41, 5.74) is 0. The van der Waals surface area contributed by atoms with Gasteiger partial charge in [-0.05, 0) is 33.1 Å². The van der Waals surface area contributed by atoms with Crippen molar-refractivity contribution in [2.75, 3.05) is 11.9 Å². The van der Waals surface area contributed by atoms with Crippen LogP contribution in [0.5, 0.6) is 0 Å². The Kier molecular flexibility index (Phi) is 5.65. The molecule has 0 saturated heterocycles. The lowest BCUT2D eigenvalue weighted by atomic mass is 10.1. The molecule has 0 bridgehead atoms.